The third-order valence-electron chi connectivity index (χ3n) is 2.57. The lowest BCUT2D eigenvalue weighted by molar-refractivity contribution is 0.0694. The van der Waals surface area contributed by atoms with Crippen LogP contribution in [0.2, 0.25) is 5.02 Å². The zero-order valence-electron chi connectivity index (χ0n) is 9.82. The van der Waals surface area contributed by atoms with Crippen molar-refractivity contribution in [1.29, 1.82) is 0 Å². The third-order valence-corrected chi connectivity index (χ3v) is 2.86. The second-order valence-corrected chi connectivity index (χ2v) is 4.32. The second-order valence-electron chi connectivity index (χ2n) is 3.91. The van der Waals surface area contributed by atoms with Crippen LogP contribution in [0.15, 0.2) is 34.9 Å². The van der Waals surface area contributed by atoms with Gasteiger partial charge in [-0.05, 0) is 23.8 Å². The number of carboxylic acid groups (broad SMARTS) is 1. The molecular formula is C13H11ClFNO3. The molecule has 1 aromatic carbocycles. The summed E-state index contributed by atoms with van der Waals surface area (Å²) in [5.74, 6) is -1.15. The molecule has 0 saturated carbocycles. The van der Waals surface area contributed by atoms with E-state index in [4.69, 9.17) is 21.1 Å². The standard InChI is InChI=1S/C13H11ClFNO3/c14-10-5-8(1-2-11(10)15)6-16-7-12-9(13(17)18)3-4-19-12/h1-5,16H,6-7H2,(H,17,18). The molecule has 0 aliphatic heterocycles. The van der Waals surface area contributed by atoms with Gasteiger partial charge in [0.15, 0.2) is 0 Å². The SMILES string of the molecule is O=C(O)c1ccoc1CNCc1ccc(F)c(Cl)c1. The number of carboxylic acids is 1. The summed E-state index contributed by atoms with van der Waals surface area (Å²) in [7, 11) is 0. The van der Waals surface area contributed by atoms with E-state index in [1.807, 2.05) is 0 Å². The minimum absolute atomic E-state index is 0.0588. The Balaban J connectivity index is 1.94. The third kappa shape index (κ3) is 3.33. The Morgan fingerprint density at radius 3 is 2.84 bits per heavy atom. The van der Waals surface area contributed by atoms with Crippen molar-refractivity contribution in [3.05, 3.63) is 58.3 Å². The maximum absolute atomic E-state index is 13.0. The van der Waals surface area contributed by atoms with Gasteiger partial charge in [0.2, 0.25) is 0 Å². The van der Waals surface area contributed by atoms with Crippen molar-refractivity contribution in [3.8, 4) is 0 Å². The van der Waals surface area contributed by atoms with Gasteiger partial charge in [-0.2, -0.15) is 0 Å². The number of nitrogens with one attached hydrogen (secondary N) is 1. The van der Waals surface area contributed by atoms with Gasteiger partial charge in [-0.3, -0.25) is 0 Å². The Kier molecular flexibility index (Phi) is 4.19. The lowest BCUT2D eigenvalue weighted by Gasteiger charge is -2.05. The summed E-state index contributed by atoms with van der Waals surface area (Å²) >= 11 is 5.66. The van der Waals surface area contributed by atoms with E-state index in [0.717, 1.165) is 5.56 Å². The van der Waals surface area contributed by atoms with Crippen LogP contribution in [0.5, 0.6) is 0 Å². The van der Waals surface area contributed by atoms with Crippen LogP contribution in [0.3, 0.4) is 0 Å². The van der Waals surface area contributed by atoms with Crippen LogP contribution in [-0.4, -0.2) is 11.1 Å². The smallest absolute Gasteiger partial charge is 0.339 e. The Morgan fingerprint density at radius 2 is 2.16 bits per heavy atom. The van der Waals surface area contributed by atoms with Crippen molar-refractivity contribution in [2.24, 2.45) is 0 Å². The number of halogens is 2. The largest absolute Gasteiger partial charge is 0.478 e. The fraction of sp³-hybridized carbons (Fsp3) is 0.154. The van der Waals surface area contributed by atoms with Crippen molar-refractivity contribution in [1.82, 2.24) is 5.32 Å². The summed E-state index contributed by atoms with van der Waals surface area (Å²) in [5, 5.41) is 12.0. The molecule has 2 aromatic rings. The molecule has 0 fully saturated rings. The summed E-state index contributed by atoms with van der Waals surface area (Å²) in [6.07, 6.45) is 1.33. The Hall–Kier alpha value is -1.85. The van der Waals surface area contributed by atoms with Crippen LogP contribution in [0.25, 0.3) is 0 Å². The monoisotopic (exact) mass is 283 g/mol. The molecule has 19 heavy (non-hydrogen) atoms. The summed E-state index contributed by atoms with van der Waals surface area (Å²) < 4.78 is 18.0. The molecule has 2 rings (SSSR count). The van der Waals surface area contributed by atoms with Crippen LogP contribution in [0, 0.1) is 5.82 Å². The van der Waals surface area contributed by atoms with E-state index in [-0.39, 0.29) is 17.1 Å². The van der Waals surface area contributed by atoms with Gasteiger partial charge in [0.05, 0.1) is 17.8 Å². The van der Waals surface area contributed by atoms with Crippen molar-refractivity contribution in [3.63, 3.8) is 0 Å². The van der Waals surface area contributed by atoms with Crippen LogP contribution >= 0.6 is 11.6 Å². The molecule has 6 heteroatoms. The number of carbonyl (C=O) groups is 1. The number of benzene rings is 1. The zero-order valence-corrected chi connectivity index (χ0v) is 10.6. The molecular weight excluding hydrogens is 273 g/mol. The first kappa shape index (κ1) is 13.6. The fourth-order valence-electron chi connectivity index (χ4n) is 1.64. The number of furan rings is 1. The van der Waals surface area contributed by atoms with E-state index in [9.17, 15) is 9.18 Å². The van der Waals surface area contributed by atoms with Crippen molar-refractivity contribution in [2.45, 2.75) is 13.1 Å². The van der Waals surface area contributed by atoms with Crippen LogP contribution < -0.4 is 5.32 Å². The van der Waals surface area contributed by atoms with E-state index in [1.165, 1.54) is 24.5 Å². The van der Waals surface area contributed by atoms with Crippen molar-refractivity contribution < 1.29 is 18.7 Å². The second kappa shape index (κ2) is 5.86. The average molecular weight is 284 g/mol. The van der Waals surface area contributed by atoms with E-state index in [1.54, 1.807) is 6.07 Å². The molecule has 1 heterocycles. The van der Waals surface area contributed by atoms with E-state index >= 15 is 0 Å². The molecule has 4 nitrogen and oxygen atoms in total. The van der Waals surface area contributed by atoms with Gasteiger partial charge in [-0.1, -0.05) is 17.7 Å². The summed E-state index contributed by atoms with van der Waals surface area (Å²) in [6.45, 7) is 0.698. The molecule has 0 amide bonds. The van der Waals surface area contributed by atoms with Crippen LogP contribution in [0.4, 0.5) is 4.39 Å². The van der Waals surface area contributed by atoms with Crippen molar-refractivity contribution >= 4 is 17.6 Å². The predicted molar refractivity (Wildman–Crippen MR) is 67.6 cm³/mol. The van der Waals surface area contributed by atoms with Gasteiger partial charge in [0.25, 0.3) is 0 Å². The van der Waals surface area contributed by atoms with Gasteiger partial charge < -0.3 is 14.8 Å². The number of hydrogen-bond donors (Lipinski definition) is 2. The molecule has 100 valence electrons. The van der Waals surface area contributed by atoms with Crippen LogP contribution in [0.1, 0.15) is 21.7 Å². The van der Waals surface area contributed by atoms with Gasteiger partial charge in [-0.25, -0.2) is 9.18 Å². The van der Waals surface area contributed by atoms with Crippen molar-refractivity contribution in [2.75, 3.05) is 0 Å². The van der Waals surface area contributed by atoms with E-state index < -0.39 is 11.8 Å². The van der Waals surface area contributed by atoms with E-state index in [0.29, 0.717) is 12.3 Å². The summed E-state index contributed by atoms with van der Waals surface area (Å²) in [5.41, 5.74) is 0.930. The molecule has 0 aliphatic carbocycles. The topological polar surface area (TPSA) is 62.5 Å². The highest BCUT2D eigenvalue weighted by Crippen LogP contribution is 2.16. The predicted octanol–water partition coefficient (Wildman–Crippen LogP) is 3.06. The van der Waals surface area contributed by atoms with E-state index in [2.05, 4.69) is 5.32 Å². The first-order valence-corrected chi connectivity index (χ1v) is 5.90. The molecule has 0 aliphatic rings. The molecule has 0 saturated heterocycles. The molecule has 0 spiro atoms. The Bertz CT molecular complexity index is 597. The number of hydrogen-bond acceptors (Lipinski definition) is 3. The molecule has 1 aromatic heterocycles. The normalized spacial score (nSPS) is 10.6. The molecule has 2 N–H and O–H groups in total. The first-order chi connectivity index (χ1) is 9.08. The van der Waals surface area contributed by atoms with Crippen LogP contribution in [-0.2, 0) is 13.1 Å². The highest BCUT2D eigenvalue weighted by Gasteiger charge is 2.12. The lowest BCUT2D eigenvalue weighted by atomic mass is 10.2. The van der Waals surface area contributed by atoms with Gasteiger partial charge >= 0.3 is 5.97 Å². The maximum atomic E-state index is 13.0. The molecule has 0 radical (unpaired) electrons. The Morgan fingerprint density at radius 1 is 1.37 bits per heavy atom. The first-order valence-electron chi connectivity index (χ1n) is 5.52. The highest BCUT2D eigenvalue weighted by molar-refractivity contribution is 6.30. The zero-order chi connectivity index (χ0) is 13.8. The molecule has 0 bridgehead atoms. The average Bonchev–Trinajstić information content (AvgIpc) is 2.82. The maximum Gasteiger partial charge on any atom is 0.339 e. The minimum atomic E-state index is -1.03. The number of aromatic carboxylic acids is 1. The highest BCUT2D eigenvalue weighted by atomic mass is 35.5. The fourth-order valence-corrected chi connectivity index (χ4v) is 1.84. The van der Waals surface area contributed by atoms with Gasteiger partial charge in [-0.15, -0.1) is 0 Å². The number of rotatable bonds is 5. The minimum Gasteiger partial charge on any atom is -0.478 e. The molecule has 0 atom stereocenters. The van der Waals surface area contributed by atoms with Gasteiger partial charge in [0, 0.05) is 6.54 Å². The quantitative estimate of drug-likeness (QED) is 0.885. The lowest BCUT2D eigenvalue weighted by Crippen LogP contribution is -2.14. The van der Waals surface area contributed by atoms with Gasteiger partial charge in [0.1, 0.15) is 17.1 Å². The molecule has 0 unspecified atom stereocenters. The summed E-state index contributed by atoms with van der Waals surface area (Å²) in [6, 6.07) is 5.81. The summed E-state index contributed by atoms with van der Waals surface area (Å²) in [4.78, 5) is 10.9. The Labute approximate surface area is 113 Å².